The molecular formula is C14H20N2OS. The van der Waals surface area contributed by atoms with Crippen molar-refractivity contribution in [3.05, 3.63) is 21.9 Å². The van der Waals surface area contributed by atoms with Gasteiger partial charge in [-0.15, -0.1) is 11.3 Å². The maximum atomic E-state index is 5.42. The molecule has 2 N–H and O–H groups in total. The van der Waals surface area contributed by atoms with Crippen LogP contribution in [0.25, 0.3) is 0 Å². The third-order valence-corrected chi connectivity index (χ3v) is 3.97. The molecule has 18 heavy (non-hydrogen) atoms. The van der Waals surface area contributed by atoms with E-state index >= 15 is 0 Å². The summed E-state index contributed by atoms with van der Waals surface area (Å²) < 4.78 is 5.18. The zero-order valence-corrected chi connectivity index (χ0v) is 11.6. The van der Waals surface area contributed by atoms with Gasteiger partial charge in [0.25, 0.3) is 0 Å². The molecule has 0 bridgehead atoms. The fourth-order valence-electron chi connectivity index (χ4n) is 1.94. The molecule has 4 heteroatoms. The molecule has 2 rings (SSSR count). The van der Waals surface area contributed by atoms with Crippen LogP contribution < -0.4 is 5.73 Å². The fraction of sp³-hybridized carbons (Fsp3) is 0.571. The molecular weight excluding hydrogens is 244 g/mol. The molecule has 98 valence electrons. The minimum Gasteiger partial charge on any atom is -0.383 e. The molecule has 0 aromatic carbocycles. The fourth-order valence-corrected chi connectivity index (χ4v) is 2.80. The highest BCUT2D eigenvalue weighted by Crippen LogP contribution is 2.29. The summed E-state index contributed by atoms with van der Waals surface area (Å²) in [5.41, 5.74) is 6.56. The molecule has 1 heterocycles. The first kappa shape index (κ1) is 13.6. The quantitative estimate of drug-likeness (QED) is 0.794. The van der Waals surface area contributed by atoms with Crippen molar-refractivity contribution in [1.29, 1.82) is 0 Å². The number of nitrogens with zero attached hydrogens (tertiary/aromatic N) is 1. The second-order valence-electron chi connectivity index (χ2n) is 4.46. The lowest BCUT2D eigenvalue weighted by molar-refractivity contribution is 0.140. The molecule has 0 saturated heterocycles. The Kier molecular flexibility index (Phi) is 5.21. The van der Waals surface area contributed by atoms with E-state index in [4.69, 9.17) is 10.5 Å². The Morgan fingerprint density at radius 1 is 1.56 bits per heavy atom. The summed E-state index contributed by atoms with van der Waals surface area (Å²) in [4.78, 5) is 3.85. The Morgan fingerprint density at radius 3 is 3.06 bits per heavy atom. The van der Waals surface area contributed by atoms with Gasteiger partial charge in [0.05, 0.1) is 13.2 Å². The number of ether oxygens (including phenoxy) is 1. The third kappa shape index (κ3) is 3.82. The van der Waals surface area contributed by atoms with Crippen molar-refractivity contribution >= 4 is 11.3 Å². The van der Waals surface area contributed by atoms with E-state index in [2.05, 4.69) is 28.2 Å². The highest BCUT2D eigenvalue weighted by molar-refractivity contribution is 7.10. The summed E-state index contributed by atoms with van der Waals surface area (Å²) in [5, 5.41) is 2.11. The Hall–Kier alpha value is -0.860. The molecule has 1 aromatic heterocycles. The highest BCUT2D eigenvalue weighted by Gasteiger charge is 2.29. The van der Waals surface area contributed by atoms with Crippen LogP contribution in [-0.2, 0) is 11.3 Å². The van der Waals surface area contributed by atoms with Crippen LogP contribution in [0.3, 0.4) is 0 Å². The number of methoxy groups -OCH3 is 1. The number of hydrogen-bond acceptors (Lipinski definition) is 4. The first-order chi connectivity index (χ1) is 8.85. The Balaban J connectivity index is 1.99. The zero-order valence-electron chi connectivity index (χ0n) is 10.8. The van der Waals surface area contributed by atoms with Gasteiger partial charge in [0.2, 0.25) is 0 Å². The predicted octanol–water partition coefficient (Wildman–Crippen LogP) is 1.67. The molecule has 0 amide bonds. The van der Waals surface area contributed by atoms with Gasteiger partial charge in [-0.1, -0.05) is 11.8 Å². The van der Waals surface area contributed by atoms with Crippen molar-refractivity contribution in [1.82, 2.24) is 4.90 Å². The molecule has 0 unspecified atom stereocenters. The lowest BCUT2D eigenvalue weighted by Crippen LogP contribution is -2.29. The van der Waals surface area contributed by atoms with Crippen LogP contribution in [0.2, 0.25) is 0 Å². The normalized spacial score (nSPS) is 14.6. The monoisotopic (exact) mass is 264 g/mol. The van der Waals surface area contributed by atoms with Crippen molar-refractivity contribution in [3.63, 3.8) is 0 Å². The smallest absolute Gasteiger partial charge is 0.0589 e. The van der Waals surface area contributed by atoms with Gasteiger partial charge in [0.1, 0.15) is 0 Å². The van der Waals surface area contributed by atoms with E-state index in [-0.39, 0.29) is 0 Å². The average Bonchev–Trinajstić information content (AvgIpc) is 3.13. The summed E-state index contributed by atoms with van der Waals surface area (Å²) in [6.07, 6.45) is 2.64. The molecule has 1 aliphatic carbocycles. The van der Waals surface area contributed by atoms with Gasteiger partial charge in [-0.05, 0) is 24.3 Å². The van der Waals surface area contributed by atoms with Gasteiger partial charge < -0.3 is 10.5 Å². The largest absolute Gasteiger partial charge is 0.383 e. The van der Waals surface area contributed by atoms with E-state index in [0.717, 1.165) is 31.3 Å². The van der Waals surface area contributed by atoms with Gasteiger partial charge in [-0.3, -0.25) is 4.90 Å². The van der Waals surface area contributed by atoms with Crippen LogP contribution in [-0.4, -0.2) is 37.7 Å². The maximum absolute atomic E-state index is 5.42. The lowest BCUT2D eigenvalue weighted by atomic mass is 10.2. The third-order valence-electron chi connectivity index (χ3n) is 3.06. The van der Waals surface area contributed by atoms with E-state index in [1.165, 1.54) is 17.7 Å². The first-order valence-corrected chi connectivity index (χ1v) is 7.21. The van der Waals surface area contributed by atoms with Crippen molar-refractivity contribution in [3.8, 4) is 11.8 Å². The summed E-state index contributed by atoms with van der Waals surface area (Å²) in [6.45, 7) is 3.21. The van der Waals surface area contributed by atoms with E-state index in [1.807, 2.05) is 0 Å². The van der Waals surface area contributed by atoms with Crippen LogP contribution in [0.5, 0.6) is 0 Å². The van der Waals surface area contributed by atoms with Gasteiger partial charge in [-0.2, -0.15) is 0 Å². The Morgan fingerprint density at radius 2 is 2.39 bits per heavy atom. The lowest BCUT2D eigenvalue weighted by Gasteiger charge is -2.20. The van der Waals surface area contributed by atoms with E-state index in [1.54, 1.807) is 18.4 Å². The van der Waals surface area contributed by atoms with Crippen LogP contribution in [0.1, 0.15) is 23.3 Å². The van der Waals surface area contributed by atoms with E-state index < -0.39 is 0 Å². The summed E-state index contributed by atoms with van der Waals surface area (Å²) in [7, 11) is 1.76. The molecule has 1 fully saturated rings. The minimum absolute atomic E-state index is 0.422. The maximum Gasteiger partial charge on any atom is 0.0589 e. The molecule has 0 spiro atoms. The summed E-state index contributed by atoms with van der Waals surface area (Å²) >= 11 is 1.78. The average molecular weight is 264 g/mol. The van der Waals surface area contributed by atoms with Crippen molar-refractivity contribution < 1.29 is 4.74 Å². The number of hydrogen-bond donors (Lipinski definition) is 1. The van der Waals surface area contributed by atoms with Crippen LogP contribution in [0, 0.1) is 11.8 Å². The van der Waals surface area contributed by atoms with Gasteiger partial charge in [0.15, 0.2) is 0 Å². The van der Waals surface area contributed by atoms with Crippen LogP contribution in [0.4, 0.5) is 0 Å². The second-order valence-corrected chi connectivity index (χ2v) is 5.46. The van der Waals surface area contributed by atoms with Gasteiger partial charge in [-0.25, -0.2) is 0 Å². The molecule has 0 atom stereocenters. The van der Waals surface area contributed by atoms with E-state index in [9.17, 15) is 0 Å². The highest BCUT2D eigenvalue weighted by atomic mass is 32.1. The number of thiophene rings is 1. The number of nitrogens with two attached hydrogens (primary N) is 1. The van der Waals surface area contributed by atoms with Crippen molar-refractivity contribution in [2.45, 2.75) is 25.4 Å². The van der Waals surface area contributed by atoms with Crippen molar-refractivity contribution in [2.24, 2.45) is 5.73 Å². The number of rotatable bonds is 6. The minimum atomic E-state index is 0.422. The molecule has 3 nitrogen and oxygen atoms in total. The molecule has 0 aliphatic heterocycles. The predicted molar refractivity (Wildman–Crippen MR) is 75.6 cm³/mol. The summed E-state index contributed by atoms with van der Waals surface area (Å²) in [5.74, 6) is 6.08. The topological polar surface area (TPSA) is 38.5 Å². The first-order valence-electron chi connectivity index (χ1n) is 6.33. The molecule has 1 aliphatic rings. The molecule has 0 radical (unpaired) electrons. The van der Waals surface area contributed by atoms with Crippen LogP contribution in [0.15, 0.2) is 11.4 Å². The van der Waals surface area contributed by atoms with Gasteiger partial charge >= 0.3 is 0 Å². The van der Waals surface area contributed by atoms with Crippen molar-refractivity contribution in [2.75, 3.05) is 26.8 Å². The summed E-state index contributed by atoms with van der Waals surface area (Å²) in [6, 6.07) is 2.84. The molecule has 1 saturated carbocycles. The SMILES string of the molecule is COCCN(Cc1sccc1C#CCN)C1CC1. The standard InChI is InChI=1S/C14H20N2OS/c1-17-9-8-16(13-4-5-13)11-14-12(3-2-7-15)6-10-18-14/h6,10,13H,4-5,7-9,11,15H2,1H3. The second kappa shape index (κ2) is 6.91. The van der Waals surface area contributed by atoms with E-state index in [0.29, 0.717) is 6.54 Å². The van der Waals surface area contributed by atoms with Gasteiger partial charge in [0, 0.05) is 36.7 Å². The molecule has 1 aromatic rings. The van der Waals surface area contributed by atoms with Crippen LogP contribution >= 0.6 is 11.3 Å². The zero-order chi connectivity index (χ0) is 12.8. The Bertz CT molecular complexity index is 428. The Labute approximate surface area is 113 Å².